The molecule has 1 aromatic heterocycles. The number of nitrogens with zero attached hydrogens (tertiary/aromatic N) is 2. The molecule has 1 N–H and O–H groups in total. The van der Waals surface area contributed by atoms with E-state index in [1.54, 1.807) is 12.4 Å². The highest BCUT2D eigenvalue weighted by Crippen LogP contribution is 2.14. The molecule has 0 saturated carbocycles. The van der Waals surface area contributed by atoms with Crippen LogP contribution in [-0.4, -0.2) is 9.97 Å². The lowest BCUT2D eigenvalue weighted by Crippen LogP contribution is -2.17. The lowest BCUT2D eigenvalue weighted by molar-refractivity contribution is 0.575. The molecule has 0 spiro atoms. The van der Waals surface area contributed by atoms with E-state index in [1.165, 1.54) is 11.1 Å². The van der Waals surface area contributed by atoms with Gasteiger partial charge in [-0.1, -0.05) is 36.4 Å². The summed E-state index contributed by atoms with van der Waals surface area (Å²) in [6.07, 6.45) is 3.45. The molecule has 3 nitrogen and oxygen atoms in total. The van der Waals surface area contributed by atoms with Gasteiger partial charge in [-0.05, 0) is 30.2 Å². The first-order chi connectivity index (χ1) is 9.83. The van der Waals surface area contributed by atoms with Gasteiger partial charge in [0.2, 0.25) is 0 Å². The van der Waals surface area contributed by atoms with Gasteiger partial charge in [0.15, 0.2) is 0 Å². The molecule has 100 valence electrons. The Labute approximate surface area is 118 Å². The molecular weight excluding hydrogens is 246 g/mol. The Morgan fingerprint density at radius 2 is 1.70 bits per heavy atom. The summed E-state index contributed by atoms with van der Waals surface area (Å²) in [6.45, 7) is 3.00. The predicted octanol–water partition coefficient (Wildman–Crippen LogP) is 3.48. The monoisotopic (exact) mass is 263 g/mol. The van der Waals surface area contributed by atoms with E-state index in [1.807, 2.05) is 12.1 Å². The second kappa shape index (κ2) is 5.80. The highest BCUT2D eigenvalue weighted by Gasteiger charge is 2.04. The predicted molar refractivity (Wildman–Crippen MR) is 81.2 cm³/mol. The topological polar surface area (TPSA) is 37.8 Å². The second-order valence-electron chi connectivity index (χ2n) is 4.89. The van der Waals surface area contributed by atoms with Gasteiger partial charge in [-0.2, -0.15) is 0 Å². The lowest BCUT2D eigenvalue weighted by atomic mass is 10.1. The molecule has 3 rings (SSSR count). The summed E-state index contributed by atoms with van der Waals surface area (Å²) in [5, 5.41) is 3.53. The minimum absolute atomic E-state index is 0.328. The van der Waals surface area contributed by atoms with Crippen molar-refractivity contribution >= 4 is 11.0 Å². The summed E-state index contributed by atoms with van der Waals surface area (Å²) in [6, 6.07) is 17.0. The molecule has 0 aliphatic carbocycles. The zero-order valence-electron chi connectivity index (χ0n) is 11.5. The first-order valence-corrected chi connectivity index (χ1v) is 6.81. The fourth-order valence-corrected chi connectivity index (χ4v) is 2.25. The molecule has 0 radical (unpaired) electrons. The highest BCUT2D eigenvalue weighted by molar-refractivity contribution is 5.74. The van der Waals surface area contributed by atoms with Crippen molar-refractivity contribution in [3.63, 3.8) is 0 Å². The molecule has 3 heteroatoms. The van der Waals surface area contributed by atoms with Crippen molar-refractivity contribution in [3.05, 3.63) is 72.1 Å². The van der Waals surface area contributed by atoms with Crippen LogP contribution in [0.15, 0.2) is 60.9 Å². The van der Waals surface area contributed by atoms with Crippen LogP contribution < -0.4 is 5.32 Å². The van der Waals surface area contributed by atoms with Gasteiger partial charge in [0.1, 0.15) is 0 Å². The molecule has 0 saturated heterocycles. The van der Waals surface area contributed by atoms with Crippen molar-refractivity contribution < 1.29 is 0 Å². The van der Waals surface area contributed by atoms with Crippen LogP contribution in [0.25, 0.3) is 11.0 Å². The second-order valence-corrected chi connectivity index (χ2v) is 4.89. The number of aromatic nitrogens is 2. The average Bonchev–Trinajstić information content (AvgIpc) is 2.53. The molecule has 20 heavy (non-hydrogen) atoms. The zero-order chi connectivity index (χ0) is 13.8. The quantitative estimate of drug-likeness (QED) is 0.783. The third-order valence-corrected chi connectivity index (χ3v) is 3.45. The van der Waals surface area contributed by atoms with Crippen LogP contribution in [0, 0.1) is 0 Å². The van der Waals surface area contributed by atoms with Crippen molar-refractivity contribution in [2.24, 2.45) is 0 Å². The summed E-state index contributed by atoms with van der Waals surface area (Å²) < 4.78 is 0. The fraction of sp³-hybridized carbons (Fsp3) is 0.176. The van der Waals surface area contributed by atoms with Crippen molar-refractivity contribution in [1.29, 1.82) is 0 Å². The number of benzene rings is 2. The third-order valence-electron chi connectivity index (χ3n) is 3.45. The Hall–Kier alpha value is -2.26. The SMILES string of the molecule is CC(NCc1ccc2nccnc2c1)c1ccccc1. The highest BCUT2D eigenvalue weighted by atomic mass is 14.9. The Kier molecular flexibility index (Phi) is 3.70. The third kappa shape index (κ3) is 2.83. The maximum atomic E-state index is 4.34. The van der Waals surface area contributed by atoms with Gasteiger partial charge in [-0.3, -0.25) is 9.97 Å². The van der Waals surface area contributed by atoms with Crippen LogP contribution in [0.3, 0.4) is 0 Å². The normalized spacial score (nSPS) is 12.4. The summed E-state index contributed by atoms with van der Waals surface area (Å²) in [5.41, 5.74) is 4.40. The van der Waals surface area contributed by atoms with E-state index in [0.29, 0.717) is 6.04 Å². The molecule has 3 aromatic rings. The van der Waals surface area contributed by atoms with Crippen molar-refractivity contribution in [3.8, 4) is 0 Å². The minimum Gasteiger partial charge on any atom is -0.306 e. The summed E-state index contributed by atoms with van der Waals surface area (Å²) >= 11 is 0. The van der Waals surface area contributed by atoms with Crippen LogP contribution >= 0.6 is 0 Å². The molecule has 0 fully saturated rings. The standard InChI is InChI=1S/C17H17N3/c1-13(15-5-3-2-4-6-15)20-12-14-7-8-16-17(11-14)19-10-9-18-16/h2-11,13,20H,12H2,1H3. The average molecular weight is 263 g/mol. The van der Waals surface area contributed by atoms with Gasteiger partial charge >= 0.3 is 0 Å². The molecule has 1 unspecified atom stereocenters. The summed E-state index contributed by atoms with van der Waals surface area (Å²) in [7, 11) is 0. The van der Waals surface area contributed by atoms with Crippen LogP contribution in [0.1, 0.15) is 24.1 Å². The Balaban J connectivity index is 1.70. The van der Waals surface area contributed by atoms with E-state index in [-0.39, 0.29) is 0 Å². The smallest absolute Gasteiger partial charge is 0.0890 e. The molecule has 1 atom stereocenters. The fourth-order valence-electron chi connectivity index (χ4n) is 2.25. The first kappa shape index (κ1) is 12.8. The lowest BCUT2D eigenvalue weighted by Gasteiger charge is -2.14. The number of hydrogen-bond donors (Lipinski definition) is 1. The van der Waals surface area contributed by atoms with Crippen LogP contribution in [0.5, 0.6) is 0 Å². The summed E-state index contributed by atoms with van der Waals surface area (Å²) in [5.74, 6) is 0. The molecular formula is C17H17N3. The van der Waals surface area contributed by atoms with E-state index in [2.05, 4.69) is 58.6 Å². The number of nitrogens with one attached hydrogen (secondary N) is 1. The van der Waals surface area contributed by atoms with Gasteiger partial charge < -0.3 is 5.32 Å². The minimum atomic E-state index is 0.328. The Morgan fingerprint density at radius 3 is 2.50 bits per heavy atom. The van der Waals surface area contributed by atoms with Crippen molar-refractivity contribution in [2.75, 3.05) is 0 Å². The van der Waals surface area contributed by atoms with Crippen LogP contribution in [-0.2, 0) is 6.54 Å². The van der Waals surface area contributed by atoms with Gasteiger partial charge in [-0.15, -0.1) is 0 Å². The number of hydrogen-bond acceptors (Lipinski definition) is 3. The maximum Gasteiger partial charge on any atom is 0.0890 e. The van der Waals surface area contributed by atoms with Gasteiger partial charge in [-0.25, -0.2) is 0 Å². The molecule has 2 aromatic carbocycles. The molecule has 0 aliphatic rings. The van der Waals surface area contributed by atoms with E-state index in [4.69, 9.17) is 0 Å². The summed E-state index contributed by atoms with van der Waals surface area (Å²) in [4.78, 5) is 8.62. The zero-order valence-corrected chi connectivity index (χ0v) is 11.5. The van der Waals surface area contributed by atoms with Crippen LogP contribution in [0.4, 0.5) is 0 Å². The first-order valence-electron chi connectivity index (χ1n) is 6.81. The molecule has 0 aliphatic heterocycles. The van der Waals surface area contributed by atoms with Crippen LogP contribution in [0.2, 0.25) is 0 Å². The van der Waals surface area contributed by atoms with Gasteiger partial charge in [0.05, 0.1) is 11.0 Å². The molecule has 1 heterocycles. The van der Waals surface area contributed by atoms with Gasteiger partial charge in [0, 0.05) is 25.0 Å². The van der Waals surface area contributed by atoms with Gasteiger partial charge in [0.25, 0.3) is 0 Å². The number of rotatable bonds is 4. The van der Waals surface area contributed by atoms with Crippen molar-refractivity contribution in [2.45, 2.75) is 19.5 Å². The Bertz CT molecular complexity index is 695. The number of fused-ring (bicyclic) bond motifs is 1. The molecule has 0 bridgehead atoms. The van der Waals surface area contributed by atoms with E-state index in [9.17, 15) is 0 Å². The van der Waals surface area contributed by atoms with E-state index >= 15 is 0 Å². The maximum absolute atomic E-state index is 4.34. The van der Waals surface area contributed by atoms with E-state index < -0.39 is 0 Å². The Morgan fingerprint density at radius 1 is 0.950 bits per heavy atom. The largest absolute Gasteiger partial charge is 0.306 e. The van der Waals surface area contributed by atoms with Crippen molar-refractivity contribution in [1.82, 2.24) is 15.3 Å². The van der Waals surface area contributed by atoms with E-state index in [0.717, 1.165) is 17.6 Å². The molecule has 0 amide bonds.